The van der Waals surface area contributed by atoms with Crippen LogP contribution in [0.3, 0.4) is 0 Å². The Hall–Kier alpha value is -4.66. The van der Waals surface area contributed by atoms with Gasteiger partial charge in [0, 0.05) is 6.20 Å². The highest BCUT2D eigenvalue weighted by Crippen LogP contribution is 2.35. The summed E-state index contributed by atoms with van der Waals surface area (Å²) in [5.74, 6) is 1.14. The number of hydrogen-bond donors (Lipinski definition) is 0. The van der Waals surface area contributed by atoms with Gasteiger partial charge in [-0.1, -0.05) is 35.6 Å². The average Bonchev–Trinajstić information content (AvgIpc) is 3.35. The van der Waals surface area contributed by atoms with Crippen molar-refractivity contribution in [3.63, 3.8) is 0 Å². The standard InChI is InChI=1S/C33H28BrN3O6S/c1-4-41-27-13-11-23(16-28(27)42-5-2)30-24(32(39)40-3)18-36-33-37(30)31(38)29(44-33)15-22-10-12-26(25(34)14-22)43-19-21-8-6-20(17-35)7-9-21/h6-16,18,30H,4-5,19H2,1-3H3/b29-15+/t30-/m0/s1. The summed E-state index contributed by atoms with van der Waals surface area (Å²) in [7, 11) is 1.30. The minimum absolute atomic E-state index is 0.226. The van der Waals surface area contributed by atoms with Crippen molar-refractivity contribution in [2.45, 2.75) is 26.5 Å². The summed E-state index contributed by atoms with van der Waals surface area (Å²) >= 11 is 4.80. The molecule has 0 spiro atoms. The first kappa shape index (κ1) is 30.8. The predicted octanol–water partition coefficient (Wildman–Crippen LogP) is 5.03. The quantitative estimate of drug-likeness (QED) is 0.217. The number of methoxy groups -OCH3 is 1. The van der Waals surface area contributed by atoms with Crippen LogP contribution in [0, 0.1) is 11.3 Å². The second-order valence-electron chi connectivity index (χ2n) is 9.54. The first-order valence-electron chi connectivity index (χ1n) is 13.8. The Kier molecular flexibility index (Phi) is 9.62. The van der Waals surface area contributed by atoms with Gasteiger partial charge in [0.2, 0.25) is 0 Å². The van der Waals surface area contributed by atoms with Crippen LogP contribution in [-0.4, -0.2) is 30.9 Å². The van der Waals surface area contributed by atoms with Crippen LogP contribution in [0.15, 0.2) is 86.7 Å². The van der Waals surface area contributed by atoms with Gasteiger partial charge in [-0.3, -0.25) is 9.36 Å². The largest absolute Gasteiger partial charge is 0.490 e. The fourth-order valence-corrected chi connectivity index (χ4v) is 6.18. The number of carbonyl (C=O) groups is 1. The molecule has 0 saturated heterocycles. The van der Waals surface area contributed by atoms with Gasteiger partial charge in [-0.05, 0) is 88.9 Å². The molecule has 0 aliphatic carbocycles. The van der Waals surface area contributed by atoms with Crippen LogP contribution in [0.2, 0.25) is 0 Å². The van der Waals surface area contributed by atoms with E-state index in [4.69, 9.17) is 24.2 Å². The van der Waals surface area contributed by atoms with E-state index in [1.807, 2.05) is 50.2 Å². The van der Waals surface area contributed by atoms with Gasteiger partial charge in [-0.15, -0.1) is 0 Å². The van der Waals surface area contributed by atoms with E-state index in [1.54, 1.807) is 30.3 Å². The monoisotopic (exact) mass is 673 g/mol. The topological polar surface area (TPSA) is 112 Å². The Morgan fingerprint density at radius 3 is 2.43 bits per heavy atom. The van der Waals surface area contributed by atoms with Crippen molar-refractivity contribution in [3.05, 3.63) is 119 Å². The van der Waals surface area contributed by atoms with Gasteiger partial charge in [0.1, 0.15) is 12.4 Å². The number of nitrogens with zero attached hydrogens (tertiary/aromatic N) is 3. The molecule has 3 aromatic carbocycles. The molecule has 224 valence electrons. The Labute approximate surface area is 266 Å². The fraction of sp³-hybridized carbons (Fsp3) is 0.212. The highest BCUT2D eigenvalue weighted by atomic mass is 79.9. The van der Waals surface area contributed by atoms with E-state index in [9.17, 15) is 9.59 Å². The summed E-state index contributed by atoms with van der Waals surface area (Å²) in [5, 5.41) is 8.99. The minimum atomic E-state index is -0.777. The first-order chi connectivity index (χ1) is 21.4. The zero-order valence-corrected chi connectivity index (χ0v) is 26.6. The smallest absolute Gasteiger partial charge is 0.337 e. The molecule has 0 saturated carbocycles. The van der Waals surface area contributed by atoms with Crippen LogP contribution in [0.1, 0.15) is 42.1 Å². The number of esters is 1. The molecule has 5 rings (SSSR count). The van der Waals surface area contributed by atoms with Gasteiger partial charge in [0.15, 0.2) is 16.3 Å². The summed E-state index contributed by atoms with van der Waals surface area (Å²) < 4.78 is 25.2. The normalized spacial score (nSPS) is 14.1. The Morgan fingerprint density at radius 2 is 1.75 bits per heavy atom. The zero-order chi connectivity index (χ0) is 31.2. The lowest BCUT2D eigenvalue weighted by Gasteiger charge is -2.23. The van der Waals surface area contributed by atoms with Gasteiger partial charge < -0.3 is 18.9 Å². The molecule has 1 aliphatic rings. The van der Waals surface area contributed by atoms with E-state index in [-0.39, 0.29) is 11.1 Å². The second kappa shape index (κ2) is 13.8. The van der Waals surface area contributed by atoms with E-state index < -0.39 is 12.0 Å². The van der Waals surface area contributed by atoms with Crippen LogP contribution in [-0.2, 0) is 16.1 Å². The van der Waals surface area contributed by atoms with Gasteiger partial charge in [-0.2, -0.15) is 5.26 Å². The molecular formula is C33H28BrN3O6S. The molecule has 0 amide bonds. The van der Waals surface area contributed by atoms with Crippen LogP contribution in [0.5, 0.6) is 17.2 Å². The Balaban J connectivity index is 1.49. The van der Waals surface area contributed by atoms with Gasteiger partial charge in [-0.25, -0.2) is 9.79 Å². The molecule has 11 heteroatoms. The molecular weight excluding hydrogens is 646 g/mol. The molecule has 1 aliphatic heterocycles. The Morgan fingerprint density at radius 1 is 1.02 bits per heavy atom. The van der Waals surface area contributed by atoms with Crippen molar-refractivity contribution in [2.75, 3.05) is 20.3 Å². The fourth-order valence-electron chi connectivity index (χ4n) is 4.70. The molecule has 0 fully saturated rings. The lowest BCUT2D eigenvalue weighted by molar-refractivity contribution is -0.136. The second-order valence-corrected chi connectivity index (χ2v) is 11.4. The third kappa shape index (κ3) is 6.46. The van der Waals surface area contributed by atoms with Crippen LogP contribution >= 0.6 is 27.3 Å². The van der Waals surface area contributed by atoms with Crippen LogP contribution in [0.25, 0.3) is 6.08 Å². The molecule has 9 nitrogen and oxygen atoms in total. The van der Waals surface area contributed by atoms with Crippen molar-refractivity contribution in [2.24, 2.45) is 4.99 Å². The van der Waals surface area contributed by atoms with Crippen LogP contribution in [0.4, 0.5) is 0 Å². The number of ether oxygens (including phenoxy) is 4. The number of aromatic nitrogens is 1. The lowest BCUT2D eigenvalue weighted by atomic mass is 9.97. The number of halogens is 1. The highest BCUT2D eigenvalue weighted by Gasteiger charge is 2.31. The van der Waals surface area contributed by atoms with E-state index in [0.717, 1.165) is 15.6 Å². The average molecular weight is 675 g/mol. The predicted molar refractivity (Wildman–Crippen MR) is 170 cm³/mol. The van der Waals surface area contributed by atoms with Crippen molar-refractivity contribution in [1.82, 2.24) is 4.57 Å². The summed E-state index contributed by atoms with van der Waals surface area (Å²) in [4.78, 5) is 31.6. The van der Waals surface area contributed by atoms with Crippen molar-refractivity contribution < 1.29 is 23.7 Å². The maximum absolute atomic E-state index is 13.9. The number of fused-ring (bicyclic) bond motifs is 1. The maximum Gasteiger partial charge on any atom is 0.337 e. The highest BCUT2D eigenvalue weighted by molar-refractivity contribution is 9.10. The van der Waals surface area contributed by atoms with Gasteiger partial charge in [0.25, 0.3) is 5.56 Å². The van der Waals surface area contributed by atoms with E-state index in [0.29, 0.717) is 57.5 Å². The number of rotatable bonds is 10. The third-order valence-electron chi connectivity index (χ3n) is 6.74. The van der Waals surface area contributed by atoms with Crippen molar-refractivity contribution >= 4 is 39.3 Å². The van der Waals surface area contributed by atoms with Gasteiger partial charge in [0.05, 0.1) is 52.6 Å². The Bertz CT molecular complexity index is 1960. The SMILES string of the molecule is CCOc1ccc([C@H]2C(C(=O)OC)=CN=c3s/c(=C/c4ccc(OCc5ccc(C#N)cc5)c(Br)c4)c(=O)n32)cc1OCC. The molecule has 44 heavy (non-hydrogen) atoms. The van der Waals surface area contributed by atoms with E-state index >= 15 is 0 Å². The summed E-state index contributed by atoms with van der Waals surface area (Å²) in [6.45, 7) is 4.97. The summed E-state index contributed by atoms with van der Waals surface area (Å²) in [5.41, 5.74) is 2.89. The maximum atomic E-state index is 13.9. The van der Waals surface area contributed by atoms with E-state index in [2.05, 4.69) is 27.0 Å². The molecule has 0 N–H and O–H groups in total. The summed E-state index contributed by atoms with van der Waals surface area (Å²) in [6, 6.07) is 19.4. The number of benzene rings is 3. The number of carbonyl (C=O) groups excluding carboxylic acids is 1. The molecule has 0 radical (unpaired) electrons. The number of thiazole rings is 1. The first-order valence-corrected chi connectivity index (χ1v) is 15.4. The molecule has 4 aromatic rings. The van der Waals surface area contributed by atoms with Crippen molar-refractivity contribution in [1.29, 1.82) is 5.26 Å². The molecule has 0 bridgehead atoms. The minimum Gasteiger partial charge on any atom is -0.490 e. The zero-order valence-electron chi connectivity index (χ0n) is 24.2. The van der Waals surface area contributed by atoms with Gasteiger partial charge >= 0.3 is 5.97 Å². The molecule has 1 aromatic heterocycles. The lowest BCUT2D eigenvalue weighted by Crippen LogP contribution is -2.39. The molecule has 2 heterocycles. The number of hydrogen-bond acceptors (Lipinski definition) is 9. The third-order valence-corrected chi connectivity index (χ3v) is 8.36. The number of nitriles is 1. The summed E-state index contributed by atoms with van der Waals surface area (Å²) in [6.07, 6.45) is 3.24. The van der Waals surface area contributed by atoms with Crippen molar-refractivity contribution in [3.8, 4) is 23.3 Å². The molecule has 1 atom stereocenters. The van der Waals surface area contributed by atoms with Crippen LogP contribution < -0.4 is 29.1 Å². The van der Waals surface area contributed by atoms with E-state index in [1.165, 1.54) is 29.2 Å². The molecule has 0 unspecified atom stereocenters.